The second-order valence-corrected chi connectivity index (χ2v) is 9.78. The highest BCUT2D eigenvalue weighted by molar-refractivity contribution is 7.92. The molecule has 0 bridgehead atoms. The fraction of sp³-hybridized carbons (Fsp3) is 0.217. The summed E-state index contributed by atoms with van der Waals surface area (Å²) in [5, 5.41) is 3.00. The van der Waals surface area contributed by atoms with Crippen LogP contribution in [0.4, 0.5) is 15.9 Å². The van der Waals surface area contributed by atoms with Gasteiger partial charge >= 0.3 is 0 Å². The van der Waals surface area contributed by atoms with Crippen LogP contribution >= 0.6 is 11.6 Å². The molecule has 0 saturated carbocycles. The average Bonchev–Trinajstić information content (AvgIpc) is 3.19. The molecule has 1 atom stereocenters. The minimum absolute atomic E-state index is 0.0773. The molecular formula is C23H21ClFN3O3S. The van der Waals surface area contributed by atoms with Crippen LogP contribution in [-0.4, -0.2) is 31.5 Å². The maximum atomic E-state index is 15.3. The molecule has 9 heteroatoms. The van der Waals surface area contributed by atoms with E-state index in [1.165, 1.54) is 12.1 Å². The van der Waals surface area contributed by atoms with Crippen LogP contribution < -0.4 is 10.0 Å². The van der Waals surface area contributed by atoms with Crippen molar-refractivity contribution in [3.8, 4) is 11.1 Å². The Labute approximate surface area is 190 Å². The summed E-state index contributed by atoms with van der Waals surface area (Å²) in [5.74, 6) is -1.84. The fourth-order valence-electron chi connectivity index (χ4n) is 3.74. The van der Waals surface area contributed by atoms with E-state index in [9.17, 15) is 13.2 Å². The first-order chi connectivity index (χ1) is 15.3. The van der Waals surface area contributed by atoms with Gasteiger partial charge in [0.25, 0.3) is 0 Å². The molecular weight excluding hydrogens is 453 g/mol. The van der Waals surface area contributed by atoms with Gasteiger partial charge in [0.1, 0.15) is 5.82 Å². The Morgan fingerprint density at radius 2 is 1.97 bits per heavy atom. The number of Topliss-reactive ketones (excluding diaryl/α,β-unsaturated/α-hetero) is 1. The van der Waals surface area contributed by atoms with Crippen LogP contribution in [0.1, 0.15) is 35.2 Å². The fourth-order valence-corrected chi connectivity index (χ4v) is 5.12. The summed E-state index contributed by atoms with van der Waals surface area (Å²) in [4.78, 5) is 17.8. The van der Waals surface area contributed by atoms with Crippen LogP contribution in [0.2, 0.25) is 5.02 Å². The highest BCUT2D eigenvalue weighted by Crippen LogP contribution is 2.38. The largest absolute Gasteiger partial charge is 0.369 e. The number of pyridine rings is 1. The Bertz CT molecular complexity index is 1280. The number of ketones is 1. The van der Waals surface area contributed by atoms with E-state index in [4.69, 9.17) is 11.6 Å². The van der Waals surface area contributed by atoms with Crippen molar-refractivity contribution < 1.29 is 17.6 Å². The molecule has 6 nitrogen and oxygen atoms in total. The van der Waals surface area contributed by atoms with Gasteiger partial charge in [0.15, 0.2) is 11.6 Å². The molecule has 2 N–H and O–H groups in total. The van der Waals surface area contributed by atoms with Gasteiger partial charge < -0.3 is 5.32 Å². The standard InChI is InChI=1S/C23H21ClFN3O3S/c1-2-10-32(30,31)28-19-9-8-18(24)20(21(19)25)22(29)17-13-27-23-16(17)11-15(12-26-23)14-6-4-3-5-7-14/h3-9,11-12,17,28H,2,10,13H2,1H3,(H,26,27). The van der Waals surface area contributed by atoms with Crippen molar-refractivity contribution in [1.29, 1.82) is 0 Å². The number of hydrogen-bond donors (Lipinski definition) is 2. The molecule has 1 aromatic heterocycles. The van der Waals surface area contributed by atoms with Crippen LogP contribution in [0.25, 0.3) is 11.1 Å². The van der Waals surface area contributed by atoms with Crippen molar-refractivity contribution in [3.63, 3.8) is 0 Å². The second-order valence-electron chi connectivity index (χ2n) is 7.53. The van der Waals surface area contributed by atoms with Gasteiger partial charge in [-0.2, -0.15) is 0 Å². The molecule has 3 aromatic rings. The first-order valence-corrected chi connectivity index (χ1v) is 12.2. The van der Waals surface area contributed by atoms with E-state index >= 15 is 4.39 Å². The smallest absolute Gasteiger partial charge is 0.232 e. The number of nitrogens with one attached hydrogen (secondary N) is 2. The first-order valence-electron chi connectivity index (χ1n) is 10.1. The van der Waals surface area contributed by atoms with Gasteiger partial charge in [-0.15, -0.1) is 0 Å². The third-order valence-corrected chi connectivity index (χ3v) is 7.06. The van der Waals surface area contributed by atoms with Crippen molar-refractivity contribution in [2.75, 3.05) is 22.3 Å². The van der Waals surface area contributed by atoms with Crippen molar-refractivity contribution in [2.24, 2.45) is 0 Å². The average molecular weight is 474 g/mol. The number of fused-ring (bicyclic) bond motifs is 1. The van der Waals surface area contributed by atoms with Gasteiger partial charge in [-0.3, -0.25) is 9.52 Å². The monoisotopic (exact) mass is 473 g/mol. The summed E-state index contributed by atoms with van der Waals surface area (Å²) < 4.78 is 41.7. The number of carbonyl (C=O) groups excluding carboxylic acids is 1. The summed E-state index contributed by atoms with van der Waals surface area (Å²) in [7, 11) is -3.73. The third-order valence-electron chi connectivity index (χ3n) is 5.27. The summed E-state index contributed by atoms with van der Waals surface area (Å²) in [6.45, 7) is 1.94. The van der Waals surface area contributed by atoms with Crippen LogP contribution in [0, 0.1) is 5.82 Å². The normalized spacial score (nSPS) is 15.2. The number of carbonyl (C=O) groups is 1. The molecule has 0 fully saturated rings. The molecule has 0 amide bonds. The molecule has 2 aromatic carbocycles. The summed E-state index contributed by atoms with van der Waals surface area (Å²) in [6, 6.07) is 14.0. The predicted molar refractivity (Wildman–Crippen MR) is 124 cm³/mol. The highest BCUT2D eigenvalue weighted by atomic mass is 35.5. The van der Waals surface area contributed by atoms with Gasteiger partial charge in [0, 0.05) is 23.9 Å². The predicted octanol–water partition coefficient (Wildman–Crippen LogP) is 5.08. The van der Waals surface area contributed by atoms with Crippen molar-refractivity contribution >= 4 is 38.9 Å². The van der Waals surface area contributed by atoms with E-state index in [1.54, 1.807) is 13.1 Å². The van der Waals surface area contributed by atoms with E-state index in [2.05, 4.69) is 15.0 Å². The van der Waals surface area contributed by atoms with E-state index < -0.39 is 27.5 Å². The lowest BCUT2D eigenvalue weighted by Crippen LogP contribution is -2.20. The Morgan fingerprint density at radius 1 is 1.22 bits per heavy atom. The highest BCUT2D eigenvalue weighted by Gasteiger charge is 2.34. The topological polar surface area (TPSA) is 88.2 Å². The lowest BCUT2D eigenvalue weighted by atomic mass is 9.91. The number of rotatable bonds is 7. The molecule has 32 heavy (non-hydrogen) atoms. The zero-order chi connectivity index (χ0) is 22.9. The molecule has 0 radical (unpaired) electrons. The van der Waals surface area contributed by atoms with Crippen LogP contribution in [-0.2, 0) is 10.0 Å². The minimum Gasteiger partial charge on any atom is -0.369 e. The van der Waals surface area contributed by atoms with Crippen molar-refractivity contribution in [1.82, 2.24) is 4.98 Å². The Hall–Kier alpha value is -2.97. The van der Waals surface area contributed by atoms with Gasteiger partial charge in [-0.25, -0.2) is 17.8 Å². The number of aromatic nitrogens is 1. The second kappa shape index (κ2) is 8.88. The quantitative estimate of drug-likeness (QED) is 0.467. The molecule has 0 aliphatic carbocycles. The molecule has 1 aliphatic rings. The van der Waals surface area contributed by atoms with Crippen molar-refractivity contribution in [3.05, 3.63) is 76.7 Å². The van der Waals surface area contributed by atoms with Crippen LogP contribution in [0.3, 0.4) is 0 Å². The van der Waals surface area contributed by atoms with E-state index in [-0.39, 0.29) is 28.6 Å². The maximum absolute atomic E-state index is 15.3. The molecule has 1 aliphatic heterocycles. The zero-order valence-corrected chi connectivity index (χ0v) is 18.8. The number of sulfonamides is 1. The van der Waals surface area contributed by atoms with Gasteiger partial charge in [-0.05, 0) is 30.2 Å². The van der Waals surface area contributed by atoms with Crippen LogP contribution in [0.5, 0.6) is 0 Å². The first kappa shape index (κ1) is 22.2. The van der Waals surface area contributed by atoms with Gasteiger partial charge in [-0.1, -0.05) is 48.9 Å². The molecule has 166 valence electrons. The SMILES string of the molecule is CCCS(=O)(=O)Nc1ccc(Cl)c(C(=O)C2CNc3ncc(-c4ccccc4)cc32)c1F. The van der Waals surface area contributed by atoms with E-state index in [1.807, 2.05) is 36.4 Å². The van der Waals surface area contributed by atoms with Crippen molar-refractivity contribution in [2.45, 2.75) is 19.3 Å². The summed E-state index contributed by atoms with van der Waals surface area (Å²) in [6.07, 6.45) is 2.09. The van der Waals surface area contributed by atoms with Gasteiger partial charge in [0.05, 0.1) is 27.9 Å². The third kappa shape index (κ3) is 4.33. The maximum Gasteiger partial charge on any atom is 0.232 e. The molecule has 0 spiro atoms. The molecule has 1 unspecified atom stereocenters. The summed E-state index contributed by atoms with van der Waals surface area (Å²) in [5.41, 5.74) is 1.78. The summed E-state index contributed by atoms with van der Waals surface area (Å²) >= 11 is 6.19. The molecule has 4 rings (SSSR count). The lowest BCUT2D eigenvalue weighted by molar-refractivity contribution is 0.0963. The minimum atomic E-state index is -3.73. The number of anilines is 2. The zero-order valence-electron chi connectivity index (χ0n) is 17.2. The molecule has 0 saturated heterocycles. The molecule has 2 heterocycles. The van der Waals surface area contributed by atoms with Gasteiger partial charge in [0.2, 0.25) is 10.0 Å². The Morgan fingerprint density at radius 3 is 2.69 bits per heavy atom. The van der Waals surface area contributed by atoms with E-state index in [0.29, 0.717) is 17.8 Å². The number of hydrogen-bond acceptors (Lipinski definition) is 5. The van der Waals surface area contributed by atoms with E-state index in [0.717, 1.165) is 11.1 Å². The Kier molecular flexibility index (Phi) is 6.17. The van der Waals surface area contributed by atoms with Crippen LogP contribution in [0.15, 0.2) is 54.7 Å². The Balaban J connectivity index is 1.70. The number of halogens is 2. The number of nitrogens with zero attached hydrogens (tertiary/aromatic N) is 1. The number of benzene rings is 2. The lowest BCUT2D eigenvalue weighted by Gasteiger charge is -2.15.